The van der Waals surface area contributed by atoms with Gasteiger partial charge in [-0.15, -0.1) is 0 Å². The predicted molar refractivity (Wildman–Crippen MR) is 127 cm³/mol. The SMILES string of the molecule is CN1CCN(CCCCCCOc2ccc3c(=O)c(-c4ccc(O)cc4)coc3c2)CC1. The zero-order valence-corrected chi connectivity index (χ0v) is 18.8. The van der Waals surface area contributed by atoms with E-state index in [9.17, 15) is 9.90 Å². The van der Waals surface area contributed by atoms with Gasteiger partial charge in [-0.25, -0.2) is 0 Å². The van der Waals surface area contributed by atoms with E-state index in [1.165, 1.54) is 51.8 Å². The third-order valence-electron chi connectivity index (χ3n) is 6.16. The summed E-state index contributed by atoms with van der Waals surface area (Å²) in [5.41, 5.74) is 1.61. The van der Waals surface area contributed by atoms with Gasteiger partial charge >= 0.3 is 0 Å². The summed E-state index contributed by atoms with van der Waals surface area (Å²) >= 11 is 0. The number of rotatable bonds is 9. The summed E-state index contributed by atoms with van der Waals surface area (Å²) in [4.78, 5) is 17.8. The molecular formula is C26H32N2O4. The van der Waals surface area contributed by atoms with Crippen molar-refractivity contribution in [2.75, 3.05) is 46.4 Å². The Kier molecular flexibility index (Phi) is 7.45. The van der Waals surface area contributed by atoms with Crippen LogP contribution in [-0.4, -0.2) is 61.3 Å². The zero-order valence-electron chi connectivity index (χ0n) is 18.8. The molecule has 32 heavy (non-hydrogen) atoms. The number of benzene rings is 2. The highest BCUT2D eigenvalue weighted by atomic mass is 16.5. The number of fused-ring (bicyclic) bond motifs is 1. The summed E-state index contributed by atoms with van der Waals surface area (Å²) in [7, 11) is 2.19. The van der Waals surface area contributed by atoms with Gasteiger partial charge in [0, 0.05) is 32.2 Å². The molecule has 1 N–H and O–H groups in total. The lowest BCUT2D eigenvalue weighted by atomic mass is 10.1. The Labute approximate surface area is 189 Å². The van der Waals surface area contributed by atoms with Crippen molar-refractivity contribution in [3.8, 4) is 22.6 Å². The van der Waals surface area contributed by atoms with Crippen LogP contribution in [0.1, 0.15) is 25.7 Å². The van der Waals surface area contributed by atoms with Crippen LogP contribution in [0.3, 0.4) is 0 Å². The second kappa shape index (κ2) is 10.7. The van der Waals surface area contributed by atoms with E-state index < -0.39 is 0 Å². The molecule has 1 aromatic heterocycles. The van der Waals surface area contributed by atoms with Gasteiger partial charge in [-0.2, -0.15) is 0 Å². The summed E-state index contributed by atoms with van der Waals surface area (Å²) < 4.78 is 11.6. The van der Waals surface area contributed by atoms with Gasteiger partial charge in [0.2, 0.25) is 0 Å². The monoisotopic (exact) mass is 436 g/mol. The normalized spacial score (nSPS) is 15.3. The highest BCUT2D eigenvalue weighted by Gasteiger charge is 2.13. The molecule has 4 rings (SSSR count). The number of likely N-dealkylation sites (N-methyl/N-ethyl adjacent to an activating group) is 1. The first kappa shape index (κ1) is 22.4. The third-order valence-corrected chi connectivity index (χ3v) is 6.16. The van der Waals surface area contributed by atoms with Crippen LogP contribution in [0.15, 0.2) is 57.9 Å². The molecule has 0 radical (unpaired) electrons. The average Bonchev–Trinajstić information content (AvgIpc) is 2.80. The van der Waals surface area contributed by atoms with Gasteiger partial charge in [-0.3, -0.25) is 4.79 Å². The number of hydrogen-bond donors (Lipinski definition) is 1. The van der Waals surface area contributed by atoms with Gasteiger partial charge in [0.05, 0.1) is 17.6 Å². The predicted octanol–water partition coefficient (Wildman–Crippen LogP) is 4.35. The van der Waals surface area contributed by atoms with Gasteiger partial charge in [0.25, 0.3) is 0 Å². The molecule has 1 saturated heterocycles. The minimum absolute atomic E-state index is 0.0937. The molecule has 0 amide bonds. The number of unbranched alkanes of at least 4 members (excludes halogenated alkanes) is 3. The lowest BCUT2D eigenvalue weighted by molar-refractivity contribution is 0.151. The molecule has 6 nitrogen and oxygen atoms in total. The molecule has 0 bridgehead atoms. The standard InChI is InChI=1S/C26H32N2O4/c1-27-13-15-28(16-14-27)12-4-2-3-5-17-31-22-10-11-23-25(18-22)32-19-24(26(23)30)20-6-8-21(29)9-7-20/h6-11,18-19,29H,2-5,12-17H2,1H3. The molecular weight excluding hydrogens is 404 g/mol. The van der Waals surface area contributed by atoms with Crippen molar-refractivity contribution >= 4 is 11.0 Å². The van der Waals surface area contributed by atoms with Crippen LogP contribution in [-0.2, 0) is 0 Å². The van der Waals surface area contributed by atoms with Crippen molar-refractivity contribution in [3.05, 3.63) is 59.0 Å². The Balaban J connectivity index is 1.24. The van der Waals surface area contributed by atoms with E-state index in [0.717, 1.165) is 18.6 Å². The number of phenolic OH excluding ortho intramolecular Hbond substituents is 1. The van der Waals surface area contributed by atoms with Crippen LogP contribution in [0.5, 0.6) is 11.5 Å². The van der Waals surface area contributed by atoms with E-state index in [2.05, 4.69) is 16.8 Å². The maximum atomic E-state index is 12.8. The molecule has 1 aliphatic rings. The topological polar surface area (TPSA) is 66.2 Å². The highest BCUT2D eigenvalue weighted by Crippen LogP contribution is 2.24. The fourth-order valence-corrected chi connectivity index (χ4v) is 4.09. The van der Waals surface area contributed by atoms with Crippen LogP contribution in [0.25, 0.3) is 22.1 Å². The first-order chi connectivity index (χ1) is 15.6. The van der Waals surface area contributed by atoms with E-state index in [4.69, 9.17) is 9.15 Å². The summed E-state index contributed by atoms with van der Waals surface area (Å²) in [6.07, 6.45) is 6.12. The van der Waals surface area contributed by atoms with Crippen molar-refractivity contribution in [1.82, 2.24) is 9.80 Å². The Bertz CT molecular complexity index is 1070. The first-order valence-electron chi connectivity index (χ1n) is 11.5. The van der Waals surface area contributed by atoms with E-state index >= 15 is 0 Å². The Morgan fingerprint density at radius 3 is 2.50 bits per heavy atom. The van der Waals surface area contributed by atoms with E-state index in [-0.39, 0.29) is 11.2 Å². The van der Waals surface area contributed by atoms with Crippen molar-refractivity contribution in [3.63, 3.8) is 0 Å². The van der Waals surface area contributed by atoms with E-state index in [0.29, 0.717) is 28.7 Å². The van der Waals surface area contributed by atoms with Gasteiger partial charge in [-0.1, -0.05) is 25.0 Å². The third kappa shape index (κ3) is 5.69. The first-order valence-corrected chi connectivity index (χ1v) is 11.5. The molecule has 2 heterocycles. The summed E-state index contributed by atoms with van der Waals surface area (Å²) in [6.45, 7) is 6.60. The van der Waals surface area contributed by atoms with Gasteiger partial charge in [-0.05, 0) is 56.3 Å². The zero-order chi connectivity index (χ0) is 22.3. The van der Waals surface area contributed by atoms with Crippen LogP contribution in [0.2, 0.25) is 0 Å². The number of phenols is 1. The molecule has 0 saturated carbocycles. The van der Waals surface area contributed by atoms with E-state index in [1.54, 1.807) is 36.4 Å². The van der Waals surface area contributed by atoms with Gasteiger partial charge in [0.1, 0.15) is 23.3 Å². The van der Waals surface area contributed by atoms with Crippen molar-refractivity contribution in [1.29, 1.82) is 0 Å². The fourth-order valence-electron chi connectivity index (χ4n) is 4.09. The van der Waals surface area contributed by atoms with E-state index in [1.807, 2.05) is 6.07 Å². The Morgan fingerprint density at radius 1 is 0.969 bits per heavy atom. The number of aromatic hydroxyl groups is 1. The lowest BCUT2D eigenvalue weighted by Crippen LogP contribution is -2.44. The molecule has 0 spiro atoms. The van der Waals surface area contributed by atoms with Crippen LogP contribution < -0.4 is 10.2 Å². The smallest absolute Gasteiger partial charge is 0.200 e. The summed E-state index contributed by atoms with van der Waals surface area (Å²) in [6, 6.07) is 11.9. The quantitative estimate of drug-likeness (QED) is 0.503. The molecule has 0 unspecified atom stereocenters. The summed E-state index contributed by atoms with van der Waals surface area (Å²) in [5.74, 6) is 0.881. The van der Waals surface area contributed by atoms with Crippen molar-refractivity contribution < 1.29 is 14.3 Å². The van der Waals surface area contributed by atoms with Crippen LogP contribution >= 0.6 is 0 Å². The number of ether oxygens (including phenoxy) is 1. The number of hydrogen-bond acceptors (Lipinski definition) is 6. The lowest BCUT2D eigenvalue weighted by Gasteiger charge is -2.32. The molecule has 1 fully saturated rings. The molecule has 6 heteroatoms. The Hall–Kier alpha value is -2.83. The van der Waals surface area contributed by atoms with Crippen LogP contribution in [0, 0.1) is 0 Å². The fraction of sp³-hybridized carbons (Fsp3) is 0.423. The van der Waals surface area contributed by atoms with Gasteiger partial charge < -0.3 is 24.1 Å². The molecule has 1 aliphatic heterocycles. The molecule has 3 aromatic rings. The minimum Gasteiger partial charge on any atom is -0.508 e. The average molecular weight is 437 g/mol. The number of piperazine rings is 1. The minimum atomic E-state index is -0.0937. The van der Waals surface area contributed by atoms with Gasteiger partial charge in [0.15, 0.2) is 5.43 Å². The Morgan fingerprint density at radius 2 is 1.72 bits per heavy atom. The number of nitrogens with zero attached hydrogens (tertiary/aromatic N) is 2. The second-order valence-corrected chi connectivity index (χ2v) is 8.59. The maximum absolute atomic E-state index is 12.8. The molecule has 0 aliphatic carbocycles. The second-order valence-electron chi connectivity index (χ2n) is 8.59. The van der Waals surface area contributed by atoms with Crippen molar-refractivity contribution in [2.45, 2.75) is 25.7 Å². The summed E-state index contributed by atoms with van der Waals surface area (Å²) in [5, 5.41) is 9.97. The van der Waals surface area contributed by atoms with Crippen LogP contribution in [0.4, 0.5) is 0 Å². The maximum Gasteiger partial charge on any atom is 0.200 e. The molecule has 0 atom stereocenters. The molecule has 170 valence electrons. The largest absolute Gasteiger partial charge is 0.508 e. The highest BCUT2D eigenvalue weighted by molar-refractivity contribution is 5.82. The molecule has 2 aromatic carbocycles. The van der Waals surface area contributed by atoms with Crippen molar-refractivity contribution in [2.24, 2.45) is 0 Å².